The van der Waals surface area contributed by atoms with E-state index in [1.54, 1.807) is 24.3 Å². The summed E-state index contributed by atoms with van der Waals surface area (Å²) in [7, 11) is 0. The number of likely N-dealkylation sites (tertiary alicyclic amines) is 1. The Kier molecular flexibility index (Phi) is 4.55. The zero-order valence-electron chi connectivity index (χ0n) is 15.3. The van der Waals surface area contributed by atoms with Gasteiger partial charge in [0.2, 0.25) is 11.8 Å². The first-order valence-electron chi connectivity index (χ1n) is 9.83. The Morgan fingerprint density at radius 1 is 0.923 bits per heavy atom. The van der Waals surface area contributed by atoms with Crippen LogP contribution >= 0.6 is 0 Å². The van der Waals surface area contributed by atoms with Crippen LogP contribution in [-0.4, -0.2) is 35.7 Å². The molecule has 2 heterocycles. The van der Waals surface area contributed by atoms with Gasteiger partial charge in [-0.05, 0) is 68.7 Å². The molecule has 2 saturated heterocycles. The van der Waals surface area contributed by atoms with Crippen LogP contribution in [0.5, 0.6) is 0 Å². The Hall–Kier alpha value is -2.17. The van der Waals surface area contributed by atoms with Gasteiger partial charge in [-0.3, -0.25) is 19.3 Å². The van der Waals surface area contributed by atoms with E-state index in [0.717, 1.165) is 45.2 Å². The third kappa shape index (κ3) is 2.93. The first-order valence-corrected chi connectivity index (χ1v) is 9.83. The number of imide groups is 1. The van der Waals surface area contributed by atoms with E-state index >= 15 is 0 Å². The molecule has 138 valence electrons. The number of rotatable bonds is 2. The number of fused-ring (bicyclic) bond motifs is 1. The molecule has 3 aliphatic rings. The molecule has 1 saturated carbocycles. The topological polar surface area (TPSA) is 57.7 Å². The van der Waals surface area contributed by atoms with Crippen LogP contribution in [0.15, 0.2) is 24.3 Å². The molecule has 1 aromatic rings. The number of piperidine rings is 1. The molecule has 1 aliphatic carbocycles. The van der Waals surface area contributed by atoms with E-state index in [1.165, 1.54) is 11.3 Å². The average molecular weight is 354 g/mol. The Morgan fingerprint density at radius 2 is 1.58 bits per heavy atom. The van der Waals surface area contributed by atoms with Gasteiger partial charge in [-0.1, -0.05) is 6.92 Å². The van der Waals surface area contributed by atoms with Crippen LogP contribution in [0, 0.1) is 17.8 Å². The molecule has 2 aliphatic heterocycles. The summed E-state index contributed by atoms with van der Waals surface area (Å²) >= 11 is 0. The van der Waals surface area contributed by atoms with Crippen molar-refractivity contribution in [3.63, 3.8) is 0 Å². The zero-order valence-corrected chi connectivity index (χ0v) is 15.3. The van der Waals surface area contributed by atoms with Crippen molar-refractivity contribution in [1.29, 1.82) is 0 Å². The van der Waals surface area contributed by atoms with Gasteiger partial charge in [0.25, 0.3) is 5.91 Å². The van der Waals surface area contributed by atoms with E-state index in [1.807, 2.05) is 4.90 Å². The largest absolute Gasteiger partial charge is 0.339 e. The summed E-state index contributed by atoms with van der Waals surface area (Å²) in [4.78, 5) is 41.4. The smallest absolute Gasteiger partial charge is 0.253 e. The second-order valence-corrected chi connectivity index (χ2v) is 8.04. The van der Waals surface area contributed by atoms with Crippen molar-refractivity contribution in [3.8, 4) is 0 Å². The van der Waals surface area contributed by atoms with Gasteiger partial charge < -0.3 is 4.90 Å². The first kappa shape index (κ1) is 17.3. The molecule has 0 radical (unpaired) electrons. The summed E-state index contributed by atoms with van der Waals surface area (Å²) in [6, 6.07) is 6.98. The molecule has 0 aromatic heterocycles. The van der Waals surface area contributed by atoms with Crippen LogP contribution in [0.25, 0.3) is 0 Å². The first-order chi connectivity index (χ1) is 12.6. The summed E-state index contributed by atoms with van der Waals surface area (Å²) in [5.41, 5.74) is 1.22. The van der Waals surface area contributed by atoms with E-state index in [0.29, 0.717) is 17.2 Å². The van der Waals surface area contributed by atoms with Crippen molar-refractivity contribution in [2.75, 3.05) is 18.0 Å². The van der Waals surface area contributed by atoms with Gasteiger partial charge >= 0.3 is 0 Å². The van der Waals surface area contributed by atoms with Crippen LogP contribution in [0.1, 0.15) is 55.8 Å². The van der Waals surface area contributed by atoms with Gasteiger partial charge in [0.15, 0.2) is 0 Å². The van der Waals surface area contributed by atoms with Crippen molar-refractivity contribution in [2.24, 2.45) is 17.8 Å². The van der Waals surface area contributed by atoms with Gasteiger partial charge in [-0.15, -0.1) is 0 Å². The van der Waals surface area contributed by atoms with Gasteiger partial charge in [-0.2, -0.15) is 0 Å². The fourth-order valence-electron chi connectivity index (χ4n) is 4.68. The molecule has 0 bridgehead atoms. The van der Waals surface area contributed by atoms with E-state index in [2.05, 4.69) is 6.92 Å². The normalized spacial score (nSPS) is 29.0. The maximum atomic E-state index is 12.8. The lowest BCUT2D eigenvalue weighted by Crippen LogP contribution is -2.35. The number of hydrogen-bond donors (Lipinski definition) is 0. The maximum Gasteiger partial charge on any atom is 0.253 e. The van der Waals surface area contributed by atoms with Crippen molar-refractivity contribution in [1.82, 2.24) is 4.90 Å². The fraction of sp³-hybridized carbons (Fsp3) is 0.571. The summed E-state index contributed by atoms with van der Waals surface area (Å²) in [5.74, 6) is 0.0771. The van der Waals surface area contributed by atoms with Crippen LogP contribution in [0.2, 0.25) is 0 Å². The number of anilines is 1. The van der Waals surface area contributed by atoms with Gasteiger partial charge in [0.1, 0.15) is 0 Å². The Bertz CT molecular complexity index is 721. The fourth-order valence-corrected chi connectivity index (χ4v) is 4.68. The SMILES string of the molecule is C[C@@H]1CC[C@H]2C(=O)N(c3ccc(C(=O)N4CCCCC4)cc3)C(=O)[C@H]2C1. The van der Waals surface area contributed by atoms with Crippen molar-refractivity contribution >= 4 is 23.4 Å². The number of hydrogen-bond acceptors (Lipinski definition) is 3. The lowest BCUT2D eigenvalue weighted by molar-refractivity contribution is -0.122. The summed E-state index contributed by atoms with van der Waals surface area (Å²) < 4.78 is 0. The Morgan fingerprint density at radius 3 is 2.27 bits per heavy atom. The van der Waals surface area contributed by atoms with E-state index in [-0.39, 0.29) is 29.6 Å². The Labute approximate surface area is 154 Å². The van der Waals surface area contributed by atoms with E-state index < -0.39 is 0 Å². The second kappa shape index (κ2) is 6.86. The predicted octanol–water partition coefficient (Wildman–Crippen LogP) is 3.24. The minimum absolute atomic E-state index is 0.0396. The number of nitrogens with zero attached hydrogens (tertiary/aromatic N) is 2. The van der Waals surface area contributed by atoms with E-state index in [4.69, 9.17) is 0 Å². The molecule has 0 N–H and O–H groups in total. The van der Waals surface area contributed by atoms with Crippen LogP contribution in [-0.2, 0) is 9.59 Å². The molecular formula is C21H26N2O3. The maximum absolute atomic E-state index is 12.8. The highest BCUT2D eigenvalue weighted by Crippen LogP contribution is 2.42. The molecule has 4 rings (SSSR count). The molecule has 3 fully saturated rings. The van der Waals surface area contributed by atoms with Gasteiger partial charge in [0.05, 0.1) is 17.5 Å². The van der Waals surface area contributed by atoms with Gasteiger partial charge in [0, 0.05) is 18.7 Å². The van der Waals surface area contributed by atoms with Crippen molar-refractivity contribution in [3.05, 3.63) is 29.8 Å². The monoisotopic (exact) mass is 354 g/mol. The molecule has 5 nitrogen and oxygen atoms in total. The minimum atomic E-state index is -0.166. The third-order valence-electron chi connectivity index (χ3n) is 6.20. The number of carbonyl (C=O) groups is 3. The molecule has 0 spiro atoms. The van der Waals surface area contributed by atoms with Crippen LogP contribution in [0.3, 0.4) is 0 Å². The number of carbonyl (C=O) groups excluding carboxylic acids is 3. The molecule has 26 heavy (non-hydrogen) atoms. The lowest BCUT2D eigenvalue weighted by Gasteiger charge is -2.26. The van der Waals surface area contributed by atoms with Crippen LogP contribution in [0.4, 0.5) is 5.69 Å². The van der Waals surface area contributed by atoms with E-state index in [9.17, 15) is 14.4 Å². The average Bonchev–Trinajstić information content (AvgIpc) is 2.92. The van der Waals surface area contributed by atoms with Gasteiger partial charge in [-0.25, -0.2) is 0 Å². The molecule has 1 aromatic carbocycles. The summed E-state index contributed by atoms with van der Waals surface area (Å²) in [5, 5.41) is 0. The number of amides is 3. The number of benzene rings is 1. The van der Waals surface area contributed by atoms with Crippen LogP contribution < -0.4 is 4.90 Å². The molecule has 3 atom stereocenters. The highest BCUT2D eigenvalue weighted by atomic mass is 16.2. The lowest BCUT2D eigenvalue weighted by atomic mass is 9.76. The molecule has 5 heteroatoms. The predicted molar refractivity (Wildman–Crippen MR) is 98.7 cm³/mol. The van der Waals surface area contributed by atoms with Crippen molar-refractivity contribution in [2.45, 2.75) is 45.4 Å². The van der Waals surface area contributed by atoms with Crippen molar-refractivity contribution < 1.29 is 14.4 Å². The highest BCUT2D eigenvalue weighted by molar-refractivity contribution is 6.22. The Balaban J connectivity index is 1.52. The second-order valence-electron chi connectivity index (χ2n) is 8.04. The quantitative estimate of drug-likeness (QED) is 0.766. The summed E-state index contributed by atoms with van der Waals surface area (Å²) in [6.07, 6.45) is 5.92. The summed E-state index contributed by atoms with van der Waals surface area (Å²) in [6.45, 7) is 3.77. The zero-order chi connectivity index (χ0) is 18.3. The standard InChI is InChI=1S/C21H26N2O3/c1-14-5-10-17-18(13-14)21(26)23(20(17)25)16-8-6-15(7-9-16)19(24)22-11-3-2-4-12-22/h6-9,14,17-18H,2-5,10-13H2,1H3/t14-,17-,18+/m1/s1. The molecule has 3 amide bonds. The molecule has 0 unspecified atom stereocenters. The highest BCUT2D eigenvalue weighted by Gasteiger charge is 2.49. The molecular weight excluding hydrogens is 328 g/mol. The minimum Gasteiger partial charge on any atom is -0.339 e. The third-order valence-corrected chi connectivity index (χ3v) is 6.20.